The number of hydrogen-bond acceptors (Lipinski definition) is 3. The van der Waals surface area contributed by atoms with Crippen LogP contribution in [0.3, 0.4) is 0 Å². The predicted octanol–water partition coefficient (Wildman–Crippen LogP) is 4.24. The molecule has 0 radical (unpaired) electrons. The lowest BCUT2D eigenvalue weighted by molar-refractivity contribution is -0.137. The molecule has 4 rings (SSSR count). The molecule has 6 nitrogen and oxygen atoms in total. The van der Waals surface area contributed by atoms with Crippen molar-refractivity contribution in [1.82, 2.24) is 14.7 Å². The molecule has 2 aromatic carbocycles. The maximum Gasteiger partial charge on any atom is 0.227 e. The maximum absolute atomic E-state index is 13.3. The number of aliphatic hydroxyl groups excluding tert-OH is 1. The van der Waals surface area contributed by atoms with Gasteiger partial charge in [0.05, 0.1) is 31.3 Å². The van der Waals surface area contributed by atoms with Crippen molar-refractivity contribution >= 4 is 53.1 Å². The molecule has 0 spiro atoms. The lowest BCUT2D eigenvalue weighted by Crippen LogP contribution is -2.49. The number of carbonyl (C=O) groups excluding carboxylic acids is 1. The van der Waals surface area contributed by atoms with Crippen molar-refractivity contribution in [1.29, 1.82) is 0 Å². The minimum atomic E-state index is -0.320. The number of rotatable bonds is 4. The fraction of sp³-hybridized carbons (Fsp3) is 0.304. The average molecular weight is 590 g/mol. The smallest absolute Gasteiger partial charge is 0.227 e. The van der Waals surface area contributed by atoms with Crippen LogP contribution in [0.15, 0.2) is 48.8 Å². The number of aryl methyl sites for hydroxylation is 1. The predicted molar refractivity (Wildman–Crippen MR) is 138 cm³/mol. The second-order valence-electron chi connectivity index (χ2n) is 7.67. The molecular formula is C23H26Cl2IN3O3. The third kappa shape index (κ3) is 4.97. The highest BCUT2D eigenvalue weighted by molar-refractivity contribution is 14.0. The highest BCUT2D eigenvalue weighted by Crippen LogP contribution is 2.39. The van der Waals surface area contributed by atoms with Gasteiger partial charge in [0.2, 0.25) is 5.91 Å². The topological polar surface area (TPSA) is 89.9 Å². The minimum absolute atomic E-state index is 0. The van der Waals surface area contributed by atoms with Crippen LogP contribution < -0.4 is 0 Å². The number of halogens is 3. The molecule has 1 aliphatic rings. The molecule has 32 heavy (non-hydrogen) atoms. The summed E-state index contributed by atoms with van der Waals surface area (Å²) < 4.78 is 1.77. The van der Waals surface area contributed by atoms with Crippen molar-refractivity contribution in [3.05, 3.63) is 75.5 Å². The van der Waals surface area contributed by atoms with E-state index in [0.29, 0.717) is 22.0 Å². The molecule has 2 atom stereocenters. The quantitative estimate of drug-likeness (QED) is 0.462. The van der Waals surface area contributed by atoms with E-state index in [2.05, 4.69) is 17.2 Å². The van der Waals surface area contributed by atoms with Crippen LogP contribution in [0.5, 0.6) is 0 Å². The van der Waals surface area contributed by atoms with Crippen LogP contribution in [0.4, 0.5) is 0 Å². The summed E-state index contributed by atoms with van der Waals surface area (Å²) in [6, 6.07) is 10.8. The van der Waals surface area contributed by atoms with E-state index in [-0.39, 0.29) is 60.5 Å². The standard InChI is InChI=1S/C23H23Cl2N3O2.HI.H2O/c1-14-17-5-3-6-18(15-11-26-27(2)12-15)19(17)9-16(13-29)28(14)23(30)10-20-21(24)7-4-8-22(20)25;;/h3-8,11-12,14,16,29H,9-10,13H2,1-2H3;1H;1H2/t14-,16+;;/m0../s1. The van der Waals surface area contributed by atoms with E-state index in [1.807, 2.05) is 32.4 Å². The highest BCUT2D eigenvalue weighted by Gasteiger charge is 2.36. The number of nitrogens with zero attached hydrogens (tertiary/aromatic N) is 3. The summed E-state index contributed by atoms with van der Waals surface area (Å²) in [5.74, 6) is -0.103. The molecule has 0 saturated carbocycles. The number of aromatic nitrogens is 2. The number of aliphatic hydroxyl groups is 1. The monoisotopic (exact) mass is 589 g/mol. The van der Waals surface area contributed by atoms with Gasteiger partial charge in [-0.1, -0.05) is 47.5 Å². The van der Waals surface area contributed by atoms with Crippen molar-refractivity contribution < 1.29 is 15.4 Å². The normalized spacial score (nSPS) is 17.2. The van der Waals surface area contributed by atoms with Crippen LogP contribution in [-0.2, 0) is 24.7 Å². The highest BCUT2D eigenvalue weighted by atomic mass is 127. The molecule has 1 aliphatic heterocycles. The fourth-order valence-electron chi connectivity index (χ4n) is 4.37. The largest absolute Gasteiger partial charge is 0.412 e. The van der Waals surface area contributed by atoms with Crippen LogP contribution in [-0.4, -0.2) is 43.8 Å². The van der Waals surface area contributed by atoms with Crippen LogP contribution in [0, 0.1) is 0 Å². The van der Waals surface area contributed by atoms with Gasteiger partial charge < -0.3 is 15.5 Å². The van der Waals surface area contributed by atoms with Crippen molar-refractivity contribution in [3.63, 3.8) is 0 Å². The summed E-state index contributed by atoms with van der Waals surface area (Å²) in [5.41, 5.74) is 4.97. The third-order valence-electron chi connectivity index (χ3n) is 5.82. The van der Waals surface area contributed by atoms with Gasteiger partial charge in [0.15, 0.2) is 0 Å². The van der Waals surface area contributed by atoms with Crippen molar-refractivity contribution in [2.24, 2.45) is 7.05 Å². The summed E-state index contributed by atoms with van der Waals surface area (Å²) in [4.78, 5) is 15.1. The Labute approximate surface area is 214 Å². The van der Waals surface area contributed by atoms with E-state index in [4.69, 9.17) is 23.2 Å². The Kier molecular flexibility index (Phi) is 9.13. The van der Waals surface area contributed by atoms with E-state index in [0.717, 1.165) is 22.3 Å². The third-order valence-corrected chi connectivity index (χ3v) is 6.53. The SMILES string of the molecule is C[C@H]1c2cccc(-c3cnn(C)c3)c2C[C@H](CO)N1C(=O)Cc1c(Cl)cccc1Cl.I.O. The summed E-state index contributed by atoms with van der Waals surface area (Å²) in [6.45, 7) is 1.88. The van der Waals surface area contributed by atoms with Crippen LogP contribution in [0.2, 0.25) is 10.0 Å². The van der Waals surface area contributed by atoms with Crippen molar-refractivity contribution in [2.45, 2.75) is 31.8 Å². The molecule has 9 heteroatoms. The molecule has 172 valence electrons. The van der Waals surface area contributed by atoms with Gasteiger partial charge >= 0.3 is 0 Å². The Hall–Kier alpha value is -1.65. The lowest BCUT2D eigenvalue weighted by Gasteiger charge is -2.42. The molecule has 0 saturated heterocycles. The number of fused-ring (bicyclic) bond motifs is 1. The Bertz CT molecular complexity index is 1090. The van der Waals surface area contributed by atoms with Crippen LogP contribution >= 0.6 is 47.2 Å². The Morgan fingerprint density at radius 2 is 1.84 bits per heavy atom. The fourth-order valence-corrected chi connectivity index (χ4v) is 4.90. The van der Waals surface area contributed by atoms with Gasteiger partial charge in [-0.2, -0.15) is 5.10 Å². The van der Waals surface area contributed by atoms with Crippen LogP contribution in [0.25, 0.3) is 11.1 Å². The Morgan fingerprint density at radius 3 is 2.44 bits per heavy atom. The van der Waals surface area contributed by atoms with E-state index < -0.39 is 0 Å². The lowest BCUT2D eigenvalue weighted by atomic mass is 9.84. The van der Waals surface area contributed by atoms with Crippen molar-refractivity contribution in [3.8, 4) is 11.1 Å². The van der Waals surface area contributed by atoms with Gasteiger partial charge in [-0.3, -0.25) is 9.48 Å². The van der Waals surface area contributed by atoms with Gasteiger partial charge in [0, 0.05) is 28.9 Å². The van der Waals surface area contributed by atoms with Crippen molar-refractivity contribution in [2.75, 3.05) is 6.61 Å². The number of hydrogen-bond donors (Lipinski definition) is 1. The Morgan fingerprint density at radius 1 is 1.19 bits per heavy atom. The Balaban J connectivity index is 0.00000181. The molecule has 3 aromatic rings. The summed E-state index contributed by atoms with van der Waals surface area (Å²) in [6.07, 6.45) is 4.48. The van der Waals surface area contributed by atoms with Gasteiger partial charge in [-0.25, -0.2) is 0 Å². The van der Waals surface area contributed by atoms with E-state index in [9.17, 15) is 9.90 Å². The minimum Gasteiger partial charge on any atom is -0.412 e. The average Bonchev–Trinajstić information content (AvgIpc) is 3.16. The van der Waals surface area contributed by atoms with Crippen LogP contribution in [0.1, 0.15) is 29.7 Å². The molecule has 3 N–H and O–H groups in total. The number of carbonyl (C=O) groups is 1. The molecule has 0 aliphatic carbocycles. The van der Waals surface area contributed by atoms with Gasteiger partial charge in [-0.15, -0.1) is 24.0 Å². The molecule has 1 aromatic heterocycles. The summed E-state index contributed by atoms with van der Waals surface area (Å²) >= 11 is 12.6. The van der Waals surface area contributed by atoms with Gasteiger partial charge in [0.25, 0.3) is 0 Å². The first-order chi connectivity index (χ1) is 14.4. The maximum atomic E-state index is 13.3. The molecule has 0 unspecified atom stereocenters. The van der Waals surface area contributed by atoms with E-state index in [1.54, 1.807) is 27.8 Å². The van der Waals surface area contributed by atoms with E-state index >= 15 is 0 Å². The summed E-state index contributed by atoms with van der Waals surface area (Å²) in [5, 5.41) is 15.4. The first-order valence-electron chi connectivity index (χ1n) is 9.86. The summed E-state index contributed by atoms with van der Waals surface area (Å²) in [7, 11) is 1.89. The zero-order valence-corrected chi connectivity index (χ0v) is 21.6. The number of benzene rings is 2. The second-order valence-corrected chi connectivity index (χ2v) is 8.48. The van der Waals surface area contributed by atoms with E-state index in [1.165, 1.54) is 0 Å². The first-order valence-corrected chi connectivity index (χ1v) is 10.6. The molecular weight excluding hydrogens is 564 g/mol. The molecule has 2 heterocycles. The molecule has 0 bridgehead atoms. The second kappa shape index (κ2) is 11.0. The van der Waals surface area contributed by atoms with Gasteiger partial charge in [-0.05, 0) is 47.7 Å². The zero-order chi connectivity index (χ0) is 21.4. The molecule has 0 fully saturated rings. The molecule has 1 amide bonds. The number of amides is 1. The van der Waals surface area contributed by atoms with Gasteiger partial charge in [0.1, 0.15) is 0 Å². The zero-order valence-electron chi connectivity index (χ0n) is 17.8. The first kappa shape index (κ1) is 26.6.